The van der Waals surface area contributed by atoms with E-state index >= 15 is 0 Å². The molecule has 0 heterocycles. The van der Waals surface area contributed by atoms with Crippen LogP contribution >= 0.6 is 0 Å². The lowest BCUT2D eigenvalue weighted by molar-refractivity contribution is 0.0698. The van der Waals surface area contributed by atoms with Crippen LogP contribution in [0.15, 0.2) is 24.3 Å². The summed E-state index contributed by atoms with van der Waals surface area (Å²) in [7, 11) is 0. The standard InChI is InChI=1S/C7H7NO2.CH3/c8-6-4-2-1-3-5(6)7(9)10;/h1-4H,8H2,(H,9,10);1H3. The molecule has 0 saturated heterocycles. The smallest absolute Gasteiger partial charge is 0.337 e. The summed E-state index contributed by atoms with van der Waals surface area (Å²) in [5.41, 5.74) is 5.80. The first-order valence-corrected chi connectivity index (χ1v) is 2.79. The lowest BCUT2D eigenvalue weighted by Crippen LogP contribution is -2.00. The second kappa shape index (κ2) is 3.61. The zero-order chi connectivity index (χ0) is 7.56. The van der Waals surface area contributed by atoms with Gasteiger partial charge in [0.15, 0.2) is 0 Å². The lowest BCUT2D eigenvalue weighted by atomic mass is 10.2. The Balaban J connectivity index is 0.000001000. The van der Waals surface area contributed by atoms with Gasteiger partial charge in [-0.15, -0.1) is 0 Å². The predicted molar refractivity (Wildman–Crippen MR) is 44.2 cm³/mol. The van der Waals surface area contributed by atoms with Gasteiger partial charge >= 0.3 is 5.97 Å². The van der Waals surface area contributed by atoms with Crippen LogP contribution in [-0.2, 0) is 0 Å². The normalized spacial score (nSPS) is 8.36. The molecule has 1 aromatic rings. The first-order chi connectivity index (χ1) is 4.72. The Labute approximate surface area is 65.5 Å². The van der Waals surface area contributed by atoms with Crippen LogP contribution in [0.3, 0.4) is 0 Å². The quantitative estimate of drug-likeness (QED) is 0.598. The van der Waals surface area contributed by atoms with E-state index in [4.69, 9.17) is 10.8 Å². The maximum atomic E-state index is 10.3. The van der Waals surface area contributed by atoms with E-state index in [2.05, 4.69) is 0 Å². The molecule has 0 amide bonds. The van der Waals surface area contributed by atoms with Crippen molar-refractivity contribution < 1.29 is 9.90 Å². The number of hydrogen-bond donors (Lipinski definition) is 2. The fraction of sp³-hybridized carbons (Fsp3) is 0. The van der Waals surface area contributed by atoms with E-state index in [1.807, 2.05) is 0 Å². The summed E-state index contributed by atoms with van der Waals surface area (Å²) < 4.78 is 0. The van der Waals surface area contributed by atoms with E-state index < -0.39 is 5.97 Å². The molecule has 0 unspecified atom stereocenters. The van der Waals surface area contributed by atoms with Crippen molar-refractivity contribution in [2.45, 2.75) is 0 Å². The Bertz CT molecular complexity index is 258. The number of carboxylic acids is 1. The molecule has 0 aromatic heterocycles. The third-order valence-corrected chi connectivity index (χ3v) is 1.19. The summed E-state index contributed by atoms with van der Waals surface area (Å²) in [6.07, 6.45) is 0. The zero-order valence-electron chi connectivity index (χ0n) is 6.24. The molecule has 11 heavy (non-hydrogen) atoms. The minimum absolute atomic E-state index is 0. The average molecular weight is 152 g/mol. The summed E-state index contributed by atoms with van der Waals surface area (Å²) in [4.78, 5) is 10.3. The molecule has 0 spiro atoms. The molecule has 0 aliphatic rings. The molecular weight excluding hydrogens is 142 g/mol. The molecular formula is C8H10NO2. The second-order valence-corrected chi connectivity index (χ2v) is 1.89. The number of carboxylic acid groups (broad SMARTS) is 1. The van der Waals surface area contributed by atoms with Gasteiger partial charge in [-0.25, -0.2) is 4.79 Å². The van der Waals surface area contributed by atoms with Crippen LogP contribution in [0.1, 0.15) is 10.4 Å². The summed E-state index contributed by atoms with van der Waals surface area (Å²) in [6.45, 7) is 0. The number of anilines is 1. The van der Waals surface area contributed by atoms with E-state index in [1.54, 1.807) is 18.2 Å². The highest BCUT2D eigenvalue weighted by molar-refractivity contribution is 5.93. The number of hydrogen-bond acceptors (Lipinski definition) is 2. The fourth-order valence-corrected chi connectivity index (χ4v) is 0.692. The van der Waals surface area contributed by atoms with Gasteiger partial charge in [-0.2, -0.15) is 0 Å². The van der Waals surface area contributed by atoms with E-state index in [-0.39, 0.29) is 13.0 Å². The SMILES string of the molecule is Nc1ccccc1C(=O)O.[CH3]. The number of benzene rings is 1. The van der Waals surface area contributed by atoms with Crippen LogP contribution in [0.25, 0.3) is 0 Å². The summed E-state index contributed by atoms with van der Waals surface area (Å²) in [5, 5.41) is 8.49. The fourth-order valence-electron chi connectivity index (χ4n) is 0.692. The van der Waals surface area contributed by atoms with Gasteiger partial charge in [0.2, 0.25) is 0 Å². The Morgan fingerprint density at radius 3 is 2.27 bits per heavy atom. The molecule has 3 nitrogen and oxygen atoms in total. The van der Waals surface area contributed by atoms with Crippen molar-refractivity contribution in [1.82, 2.24) is 0 Å². The third kappa shape index (κ3) is 1.97. The van der Waals surface area contributed by atoms with Crippen molar-refractivity contribution in [2.24, 2.45) is 0 Å². The molecule has 59 valence electrons. The first-order valence-electron chi connectivity index (χ1n) is 2.79. The number of para-hydroxylation sites is 1. The highest BCUT2D eigenvalue weighted by atomic mass is 16.4. The molecule has 0 aliphatic carbocycles. The van der Waals surface area contributed by atoms with Crippen LogP contribution in [0.5, 0.6) is 0 Å². The van der Waals surface area contributed by atoms with Crippen LogP contribution < -0.4 is 5.73 Å². The van der Waals surface area contributed by atoms with Gasteiger partial charge in [0.05, 0.1) is 5.56 Å². The molecule has 0 saturated carbocycles. The Kier molecular flexibility index (Phi) is 3.11. The minimum Gasteiger partial charge on any atom is -0.478 e. The average Bonchev–Trinajstić information content (AvgIpc) is 1.88. The molecule has 1 radical (unpaired) electrons. The topological polar surface area (TPSA) is 63.3 Å². The van der Waals surface area contributed by atoms with Crippen molar-refractivity contribution in [3.05, 3.63) is 37.3 Å². The van der Waals surface area contributed by atoms with Crippen LogP contribution in [0.2, 0.25) is 0 Å². The largest absolute Gasteiger partial charge is 0.478 e. The first kappa shape index (κ1) is 9.49. The summed E-state index contributed by atoms with van der Waals surface area (Å²) in [6, 6.07) is 6.36. The van der Waals surface area contributed by atoms with Crippen molar-refractivity contribution in [2.75, 3.05) is 5.73 Å². The maximum absolute atomic E-state index is 10.3. The van der Waals surface area contributed by atoms with Crippen LogP contribution in [0, 0.1) is 7.43 Å². The monoisotopic (exact) mass is 152 g/mol. The van der Waals surface area contributed by atoms with Crippen molar-refractivity contribution >= 4 is 11.7 Å². The van der Waals surface area contributed by atoms with Crippen molar-refractivity contribution in [1.29, 1.82) is 0 Å². The molecule has 0 bridgehead atoms. The van der Waals surface area contributed by atoms with Gasteiger partial charge < -0.3 is 10.8 Å². The predicted octanol–water partition coefficient (Wildman–Crippen LogP) is 1.42. The molecule has 0 aliphatic heterocycles. The van der Waals surface area contributed by atoms with E-state index in [1.165, 1.54) is 6.07 Å². The molecule has 1 aromatic carbocycles. The summed E-state index contributed by atoms with van der Waals surface area (Å²) in [5.74, 6) is -0.988. The van der Waals surface area contributed by atoms with E-state index in [9.17, 15) is 4.79 Å². The number of rotatable bonds is 1. The number of aromatic carboxylic acids is 1. The molecule has 3 heteroatoms. The van der Waals surface area contributed by atoms with Gasteiger partial charge in [-0.3, -0.25) is 0 Å². The minimum atomic E-state index is -0.988. The van der Waals surface area contributed by atoms with Crippen molar-refractivity contribution in [3.63, 3.8) is 0 Å². The molecule has 1 rings (SSSR count). The summed E-state index contributed by atoms with van der Waals surface area (Å²) >= 11 is 0. The van der Waals surface area contributed by atoms with E-state index in [0.717, 1.165) is 0 Å². The Morgan fingerprint density at radius 2 is 1.91 bits per heavy atom. The number of nitrogens with two attached hydrogens (primary N) is 1. The number of nitrogen functional groups attached to an aromatic ring is 1. The highest BCUT2D eigenvalue weighted by Gasteiger charge is 2.03. The lowest BCUT2D eigenvalue weighted by Gasteiger charge is -1.96. The van der Waals surface area contributed by atoms with Gasteiger partial charge in [-0.05, 0) is 12.1 Å². The zero-order valence-corrected chi connectivity index (χ0v) is 6.24. The van der Waals surface area contributed by atoms with Gasteiger partial charge in [-0.1, -0.05) is 19.6 Å². The third-order valence-electron chi connectivity index (χ3n) is 1.19. The van der Waals surface area contributed by atoms with Gasteiger partial charge in [0.1, 0.15) is 0 Å². The van der Waals surface area contributed by atoms with Crippen LogP contribution in [0.4, 0.5) is 5.69 Å². The molecule has 0 atom stereocenters. The van der Waals surface area contributed by atoms with E-state index in [0.29, 0.717) is 5.69 Å². The highest BCUT2D eigenvalue weighted by Crippen LogP contribution is 2.08. The maximum Gasteiger partial charge on any atom is 0.337 e. The number of carbonyl (C=O) groups is 1. The molecule has 0 fully saturated rings. The molecule has 3 N–H and O–H groups in total. The van der Waals surface area contributed by atoms with Gasteiger partial charge in [0.25, 0.3) is 0 Å². The Hall–Kier alpha value is -1.51. The Morgan fingerprint density at radius 1 is 1.36 bits per heavy atom. The van der Waals surface area contributed by atoms with Crippen LogP contribution in [-0.4, -0.2) is 11.1 Å². The van der Waals surface area contributed by atoms with Gasteiger partial charge in [0, 0.05) is 5.69 Å². The second-order valence-electron chi connectivity index (χ2n) is 1.89. The van der Waals surface area contributed by atoms with Crippen molar-refractivity contribution in [3.8, 4) is 0 Å².